The molecule has 1 aromatic carbocycles. The summed E-state index contributed by atoms with van der Waals surface area (Å²) in [4.78, 5) is 27.4. The Labute approximate surface area is 176 Å². The van der Waals surface area contributed by atoms with Gasteiger partial charge in [-0.25, -0.2) is 4.63 Å². The molecular weight excluding hydrogens is 386 g/mol. The largest absolute Gasteiger partial charge is 0.340 e. The highest BCUT2D eigenvalue weighted by Gasteiger charge is 2.21. The number of nitro groups is 1. The SMILES string of the molecule is CC(C)CN1CCN(C(=O)CCCCCCc2ccc([N+](=O)[O-])c3nonc23)CC1. The number of carbonyl (C=O) groups is 1. The number of carbonyl (C=O) groups excluding carboxylic acids is 1. The van der Waals surface area contributed by atoms with Gasteiger partial charge in [0.2, 0.25) is 11.4 Å². The summed E-state index contributed by atoms with van der Waals surface area (Å²) in [5.41, 5.74) is 1.50. The van der Waals surface area contributed by atoms with E-state index in [-0.39, 0.29) is 17.1 Å². The minimum atomic E-state index is -0.475. The van der Waals surface area contributed by atoms with Crippen LogP contribution in [0.5, 0.6) is 0 Å². The van der Waals surface area contributed by atoms with Gasteiger partial charge in [-0.05, 0) is 47.1 Å². The van der Waals surface area contributed by atoms with Crippen LogP contribution >= 0.6 is 0 Å². The zero-order valence-electron chi connectivity index (χ0n) is 17.9. The summed E-state index contributed by atoms with van der Waals surface area (Å²) < 4.78 is 4.70. The predicted molar refractivity (Wildman–Crippen MR) is 113 cm³/mol. The second kappa shape index (κ2) is 10.5. The Morgan fingerprint density at radius 3 is 2.50 bits per heavy atom. The van der Waals surface area contributed by atoms with Crippen molar-refractivity contribution in [2.45, 2.75) is 52.4 Å². The maximum absolute atomic E-state index is 12.4. The molecule has 30 heavy (non-hydrogen) atoms. The number of amides is 1. The number of piperazine rings is 1. The summed E-state index contributed by atoms with van der Waals surface area (Å²) >= 11 is 0. The van der Waals surface area contributed by atoms with Crippen molar-refractivity contribution in [1.82, 2.24) is 20.1 Å². The molecule has 0 N–H and O–H groups in total. The summed E-state index contributed by atoms with van der Waals surface area (Å²) in [7, 11) is 0. The van der Waals surface area contributed by atoms with Crippen molar-refractivity contribution in [2.24, 2.45) is 5.92 Å². The first-order chi connectivity index (χ1) is 14.5. The summed E-state index contributed by atoms with van der Waals surface area (Å²) in [6.07, 6.45) is 5.19. The Bertz CT molecular complexity index is 858. The number of aromatic nitrogens is 2. The molecule has 0 bridgehead atoms. The van der Waals surface area contributed by atoms with E-state index in [1.807, 2.05) is 4.90 Å². The van der Waals surface area contributed by atoms with Crippen molar-refractivity contribution >= 4 is 22.6 Å². The molecule has 0 spiro atoms. The summed E-state index contributed by atoms with van der Waals surface area (Å²) in [6.45, 7) is 9.19. The zero-order valence-corrected chi connectivity index (χ0v) is 17.9. The van der Waals surface area contributed by atoms with E-state index in [4.69, 9.17) is 4.63 Å². The van der Waals surface area contributed by atoms with Crippen molar-refractivity contribution in [3.63, 3.8) is 0 Å². The Kier molecular flexibility index (Phi) is 7.73. The average Bonchev–Trinajstić information content (AvgIpc) is 3.20. The van der Waals surface area contributed by atoms with Crippen molar-refractivity contribution in [1.29, 1.82) is 0 Å². The van der Waals surface area contributed by atoms with Crippen molar-refractivity contribution in [2.75, 3.05) is 32.7 Å². The molecule has 164 valence electrons. The van der Waals surface area contributed by atoms with Gasteiger partial charge in [0, 0.05) is 45.2 Å². The molecular formula is C21H31N5O4. The molecule has 2 aromatic rings. The Morgan fingerprint density at radius 2 is 1.80 bits per heavy atom. The van der Waals surface area contributed by atoms with E-state index in [1.54, 1.807) is 6.07 Å². The minimum absolute atomic E-state index is 0.0847. The molecule has 2 heterocycles. The summed E-state index contributed by atoms with van der Waals surface area (Å²) in [5.74, 6) is 0.930. The number of fused-ring (bicyclic) bond motifs is 1. The number of nitrogens with zero attached hydrogens (tertiary/aromatic N) is 5. The number of nitro benzene ring substituents is 1. The highest BCUT2D eigenvalue weighted by Crippen LogP contribution is 2.26. The number of hydrogen-bond acceptors (Lipinski definition) is 7. The third-order valence-electron chi connectivity index (χ3n) is 5.61. The maximum Gasteiger partial charge on any atom is 0.300 e. The Morgan fingerprint density at radius 1 is 1.10 bits per heavy atom. The standard InChI is InChI=1S/C21H31N5O4/c1-16(2)15-24-11-13-25(14-12-24)19(27)8-6-4-3-5-7-17-9-10-18(26(28)29)21-20(17)22-30-23-21/h9-10,16H,3-8,11-15H2,1-2H3. The lowest BCUT2D eigenvalue weighted by Gasteiger charge is -2.35. The van der Waals surface area contributed by atoms with Crippen molar-refractivity contribution < 1.29 is 14.3 Å². The Hall–Kier alpha value is -2.55. The van der Waals surface area contributed by atoms with E-state index >= 15 is 0 Å². The molecule has 1 fully saturated rings. The zero-order chi connectivity index (χ0) is 21.5. The van der Waals surface area contributed by atoms with Crippen LogP contribution in [0.15, 0.2) is 16.8 Å². The monoisotopic (exact) mass is 417 g/mol. The van der Waals surface area contributed by atoms with Gasteiger partial charge in [0.15, 0.2) is 0 Å². The van der Waals surface area contributed by atoms with Crippen LogP contribution in [0.3, 0.4) is 0 Å². The second-order valence-corrected chi connectivity index (χ2v) is 8.45. The topological polar surface area (TPSA) is 106 Å². The summed E-state index contributed by atoms with van der Waals surface area (Å²) in [5, 5.41) is 18.5. The molecule has 9 heteroatoms. The van der Waals surface area contributed by atoms with Crippen LogP contribution in [0.2, 0.25) is 0 Å². The van der Waals surface area contributed by atoms with Gasteiger partial charge in [-0.2, -0.15) is 0 Å². The van der Waals surface area contributed by atoms with Crippen LogP contribution in [-0.4, -0.2) is 63.7 Å². The highest BCUT2D eigenvalue weighted by atomic mass is 16.6. The van der Waals surface area contributed by atoms with Crippen LogP contribution in [-0.2, 0) is 11.2 Å². The predicted octanol–water partition coefficient (Wildman–Crippen LogP) is 3.42. The lowest BCUT2D eigenvalue weighted by atomic mass is 10.0. The van der Waals surface area contributed by atoms with Crippen molar-refractivity contribution in [3.05, 3.63) is 27.8 Å². The number of rotatable bonds is 10. The Balaban J connectivity index is 1.34. The second-order valence-electron chi connectivity index (χ2n) is 8.45. The molecule has 1 saturated heterocycles. The van der Waals surface area contributed by atoms with Crippen LogP contribution in [0.1, 0.15) is 51.5 Å². The fourth-order valence-electron chi connectivity index (χ4n) is 4.05. The van der Waals surface area contributed by atoms with Gasteiger partial charge >= 0.3 is 5.69 Å². The first-order valence-electron chi connectivity index (χ1n) is 10.8. The smallest absolute Gasteiger partial charge is 0.300 e. The third-order valence-corrected chi connectivity index (χ3v) is 5.61. The quantitative estimate of drug-likeness (QED) is 0.331. The first-order valence-corrected chi connectivity index (χ1v) is 10.8. The van der Waals surface area contributed by atoms with Gasteiger partial charge in [-0.3, -0.25) is 19.8 Å². The van der Waals surface area contributed by atoms with Gasteiger partial charge in [0.1, 0.15) is 5.52 Å². The number of benzene rings is 1. The molecule has 1 aliphatic rings. The van der Waals surface area contributed by atoms with Gasteiger partial charge in [0.25, 0.3) is 0 Å². The van der Waals surface area contributed by atoms with E-state index in [1.165, 1.54) is 6.07 Å². The number of unbranched alkanes of at least 4 members (excludes halogenated alkanes) is 3. The van der Waals surface area contributed by atoms with Crippen molar-refractivity contribution in [3.8, 4) is 0 Å². The average molecular weight is 418 g/mol. The van der Waals surface area contributed by atoms with Gasteiger partial charge < -0.3 is 4.90 Å². The van der Waals surface area contributed by atoms with E-state index in [2.05, 4.69) is 29.1 Å². The van der Waals surface area contributed by atoms with Gasteiger partial charge in [-0.1, -0.05) is 26.7 Å². The molecule has 1 aliphatic heterocycles. The molecule has 0 atom stereocenters. The number of hydrogen-bond donors (Lipinski definition) is 0. The van der Waals surface area contributed by atoms with Gasteiger partial charge in [-0.15, -0.1) is 0 Å². The van der Waals surface area contributed by atoms with E-state index < -0.39 is 4.92 Å². The fraction of sp³-hybridized carbons (Fsp3) is 0.667. The van der Waals surface area contributed by atoms with E-state index in [9.17, 15) is 14.9 Å². The fourth-order valence-corrected chi connectivity index (χ4v) is 4.05. The third kappa shape index (κ3) is 5.75. The molecule has 0 saturated carbocycles. The molecule has 0 unspecified atom stereocenters. The minimum Gasteiger partial charge on any atom is -0.340 e. The number of non-ortho nitro benzene ring substituents is 1. The van der Waals surface area contributed by atoms with Gasteiger partial charge in [0.05, 0.1) is 4.92 Å². The molecule has 0 radical (unpaired) electrons. The lowest BCUT2D eigenvalue weighted by Crippen LogP contribution is -2.49. The molecule has 3 rings (SSSR count). The van der Waals surface area contributed by atoms with E-state index in [0.29, 0.717) is 17.9 Å². The molecule has 9 nitrogen and oxygen atoms in total. The molecule has 0 aliphatic carbocycles. The lowest BCUT2D eigenvalue weighted by molar-refractivity contribution is -0.383. The van der Waals surface area contributed by atoms with Crippen LogP contribution in [0.4, 0.5) is 5.69 Å². The molecule has 1 amide bonds. The van der Waals surface area contributed by atoms with Crippen LogP contribution < -0.4 is 0 Å². The van der Waals surface area contributed by atoms with Crippen LogP contribution in [0.25, 0.3) is 11.0 Å². The maximum atomic E-state index is 12.4. The first kappa shape index (κ1) is 22.1. The normalized spacial score (nSPS) is 15.2. The highest BCUT2D eigenvalue weighted by molar-refractivity contribution is 5.85. The van der Waals surface area contributed by atoms with E-state index in [0.717, 1.165) is 70.4 Å². The van der Waals surface area contributed by atoms with Crippen LogP contribution in [0, 0.1) is 16.0 Å². The number of aryl methyl sites for hydroxylation is 1. The molecule has 1 aromatic heterocycles. The summed E-state index contributed by atoms with van der Waals surface area (Å²) in [6, 6.07) is 3.19.